The van der Waals surface area contributed by atoms with E-state index in [0.29, 0.717) is 57.8 Å². The van der Waals surface area contributed by atoms with Gasteiger partial charge in [-0.25, -0.2) is 9.38 Å². The molecular weight excluding hydrogens is 796 g/mol. The van der Waals surface area contributed by atoms with Gasteiger partial charge in [0.05, 0.1) is 46.5 Å². The van der Waals surface area contributed by atoms with Gasteiger partial charge in [-0.15, -0.1) is 0 Å². The summed E-state index contributed by atoms with van der Waals surface area (Å²) in [7, 11) is 0. The van der Waals surface area contributed by atoms with Crippen LogP contribution in [0.1, 0.15) is 96.0 Å². The number of nitrogens with zero attached hydrogens (tertiary/aromatic N) is 2. The van der Waals surface area contributed by atoms with E-state index < -0.39 is 47.7 Å². The molecule has 1 aliphatic carbocycles. The fourth-order valence-electron chi connectivity index (χ4n) is 7.51. The topological polar surface area (TPSA) is 58.1 Å². The van der Waals surface area contributed by atoms with E-state index in [1.54, 1.807) is 0 Å². The van der Waals surface area contributed by atoms with E-state index >= 15 is 0 Å². The van der Waals surface area contributed by atoms with Crippen LogP contribution < -0.4 is 10.9 Å². The highest BCUT2D eigenvalue weighted by atomic mass is 35.5. The van der Waals surface area contributed by atoms with Crippen LogP contribution in [0.25, 0.3) is 0 Å². The van der Waals surface area contributed by atoms with Crippen molar-refractivity contribution in [1.82, 2.24) is 15.8 Å². The number of nitrogens with one attached hydrogen (secondary N) is 2. The standard InChI is InChI=1S/C24H23F7N4O2.C18H18Cl2/c1-13(16-9-17(23(26,27)28)11-18(10-16)24(29,30)31)37-22-21(15-3-5-19(25)6-4-15)35(7-8-36-22)12-20-32-14(2)33-34-20;1-2-12-7-9-15(16-6-4-3-5-14(12)16)13-8-10-17(19)18(20)11-13/h3-6,9-11,13,21-22,33H,2,7-8,12H2,1H3,(H,32,34);3-6,8,10-12,15H,2,7,9H2,1H3/t13-,21+,22-;12-,15-/m10/s1. The van der Waals surface area contributed by atoms with Crippen molar-refractivity contribution in [3.8, 4) is 0 Å². The number of aliphatic imine (C=N–C) groups is 1. The molecule has 0 bridgehead atoms. The lowest BCUT2D eigenvalue weighted by molar-refractivity contribution is -0.227. The van der Waals surface area contributed by atoms with Gasteiger partial charge < -0.3 is 9.47 Å². The zero-order valence-electron chi connectivity index (χ0n) is 31.0. The Morgan fingerprint density at radius 1 is 0.860 bits per heavy atom. The highest BCUT2D eigenvalue weighted by Crippen LogP contribution is 2.44. The normalized spacial score (nSPS) is 21.7. The molecule has 304 valence electrons. The molecule has 0 aromatic heterocycles. The first-order chi connectivity index (χ1) is 27.0. The molecule has 0 unspecified atom stereocenters. The van der Waals surface area contributed by atoms with Crippen LogP contribution in [0.4, 0.5) is 30.7 Å². The highest BCUT2D eigenvalue weighted by Gasteiger charge is 2.40. The molecule has 0 saturated carbocycles. The molecule has 0 amide bonds. The van der Waals surface area contributed by atoms with Gasteiger partial charge in [0.2, 0.25) is 0 Å². The summed E-state index contributed by atoms with van der Waals surface area (Å²) in [6.07, 6.45) is -8.64. The molecule has 2 aliphatic heterocycles. The summed E-state index contributed by atoms with van der Waals surface area (Å²) < 4.78 is 105. The number of morpholine rings is 1. The van der Waals surface area contributed by atoms with E-state index in [0.717, 1.165) is 0 Å². The van der Waals surface area contributed by atoms with Gasteiger partial charge >= 0.3 is 12.4 Å². The zero-order chi connectivity index (χ0) is 41.1. The van der Waals surface area contributed by atoms with Crippen LogP contribution in [0.15, 0.2) is 102 Å². The highest BCUT2D eigenvalue weighted by molar-refractivity contribution is 6.42. The van der Waals surface area contributed by atoms with Crippen molar-refractivity contribution >= 4 is 29.0 Å². The van der Waals surface area contributed by atoms with E-state index in [1.165, 1.54) is 67.1 Å². The van der Waals surface area contributed by atoms with Gasteiger partial charge in [-0.05, 0) is 102 Å². The number of hydrogen-bond acceptors (Lipinski definition) is 6. The Labute approximate surface area is 336 Å². The molecule has 0 spiro atoms. The van der Waals surface area contributed by atoms with Gasteiger partial charge in [-0.3, -0.25) is 15.8 Å². The molecule has 2 heterocycles. The predicted octanol–water partition coefficient (Wildman–Crippen LogP) is 11.7. The number of alkyl halides is 6. The number of fused-ring (bicyclic) bond motifs is 1. The minimum absolute atomic E-state index is 0.0631. The Morgan fingerprint density at radius 2 is 1.51 bits per heavy atom. The SMILES string of the molecule is C=C1N=C(CN2CCO[C@H](O[C@H](C)c3cc(C(F)(F)F)cc(C(F)(F)F)c3)[C@@H]2c2ccc(F)cc2)NN1.CC[C@H]1CC[C@@H](c2ccc(Cl)c(Cl)c2)c2ccccc21. The molecule has 4 aromatic rings. The molecule has 4 aromatic carbocycles. The average molecular weight is 838 g/mol. The first-order valence-corrected chi connectivity index (χ1v) is 19.2. The fourth-order valence-corrected chi connectivity index (χ4v) is 7.82. The molecule has 0 radical (unpaired) electrons. The van der Waals surface area contributed by atoms with Crippen molar-refractivity contribution in [2.24, 2.45) is 4.99 Å². The Kier molecular flexibility index (Phi) is 13.2. The monoisotopic (exact) mass is 836 g/mol. The second-order valence-electron chi connectivity index (χ2n) is 14.1. The lowest BCUT2D eigenvalue weighted by atomic mass is 9.73. The summed E-state index contributed by atoms with van der Waals surface area (Å²) in [4.78, 5) is 6.12. The maximum absolute atomic E-state index is 13.6. The number of amidine groups is 1. The molecule has 2 N–H and O–H groups in total. The number of halogens is 9. The Hall–Kier alpha value is -4.14. The summed E-state index contributed by atoms with van der Waals surface area (Å²) in [5.74, 6) is 1.59. The number of ether oxygens (including phenoxy) is 2. The van der Waals surface area contributed by atoms with Gasteiger partial charge in [0, 0.05) is 12.5 Å². The van der Waals surface area contributed by atoms with E-state index in [4.69, 9.17) is 32.7 Å². The second kappa shape index (κ2) is 17.8. The Bertz CT molecular complexity index is 2040. The van der Waals surface area contributed by atoms with Crippen LogP contribution in [-0.2, 0) is 21.8 Å². The van der Waals surface area contributed by atoms with Gasteiger partial charge in [0.15, 0.2) is 6.29 Å². The molecule has 5 atom stereocenters. The van der Waals surface area contributed by atoms with Gasteiger partial charge in [0.25, 0.3) is 0 Å². The van der Waals surface area contributed by atoms with Crippen LogP contribution in [0.2, 0.25) is 10.0 Å². The lowest BCUT2D eigenvalue weighted by Crippen LogP contribution is -2.50. The van der Waals surface area contributed by atoms with Crippen LogP contribution in [0, 0.1) is 5.82 Å². The maximum Gasteiger partial charge on any atom is 0.416 e. The quantitative estimate of drug-likeness (QED) is 0.173. The maximum atomic E-state index is 13.6. The van der Waals surface area contributed by atoms with Crippen LogP contribution in [-0.4, -0.2) is 36.7 Å². The average Bonchev–Trinajstić information content (AvgIpc) is 3.59. The smallest absolute Gasteiger partial charge is 0.349 e. The molecular formula is C42H41Cl2F7N4O2. The van der Waals surface area contributed by atoms with Crippen LogP contribution >= 0.6 is 23.2 Å². The number of hydrazine groups is 1. The van der Waals surface area contributed by atoms with Crippen LogP contribution in [0.3, 0.4) is 0 Å². The third kappa shape index (κ3) is 10.3. The molecule has 57 heavy (non-hydrogen) atoms. The Balaban J connectivity index is 0.000000230. The van der Waals surface area contributed by atoms with Gasteiger partial charge in [-0.2, -0.15) is 26.3 Å². The zero-order valence-corrected chi connectivity index (χ0v) is 32.5. The summed E-state index contributed by atoms with van der Waals surface area (Å²) in [5, 5.41) is 1.28. The minimum Gasteiger partial charge on any atom is -0.349 e. The molecule has 15 heteroatoms. The van der Waals surface area contributed by atoms with Gasteiger partial charge in [-0.1, -0.05) is 79.2 Å². The molecule has 6 nitrogen and oxygen atoms in total. The number of rotatable bonds is 8. The summed E-state index contributed by atoms with van der Waals surface area (Å²) >= 11 is 12.2. The van der Waals surface area contributed by atoms with Crippen molar-refractivity contribution in [1.29, 1.82) is 0 Å². The van der Waals surface area contributed by atoms with Crippen molar-refractivity contribution in [2.45, 2.75) is 75.7 Å². The fraction of sp³-hybridized carbons (Fsp3) is 0.357. The van der Waals surface area contributed by atoms with E-state index in [9.17, 15) is 30.7 Å². The summed E-state index contributed by atoms with van der Waals surface area (Å²) in [6.45, 7) is 8.12. The van der Waals surface area contributed by atoms with Crippen LogP contribution in [0.5, 0.6) is 0 Å². The number of benzene rings is 4. The summed E-state index contributed by atoms with van der Waals surface area (Å²) in [5.41, 5.74) is 7.24. The third-order valence-electron chi connectivity index (χ3n) is 10.4. The summed E-state index contributed by atoms with van der Waals surface area (Å²) in [6, 6.07) is 21.0. The van der Waals surface area contributed by atoms with E-state index in [2.05, 4.69) is 59.7 Å². The number of hydrogen-bond donors (Lipinski definition) is 2. The van der Waals surface area contributed by atoms with Crippen molar-refractivity contribution in [2.75, 3.05) is 19.7 Å². The first-order valence-electron chi connectivity index (χ1n) is 18.4. The third-order valence-corrected chi connectivity index (χ3v) is 11.1. The molecule has 7 rings (SSSR count). The van der Waals surface area contributed by atoms with Gasteiger partial charge in [0.1, 0.15) is 17.5 Å². The molecule has 3 aliphatic rings. The molecule has 1 saturated heterocycles. The minimum atomic E-state index is -4.99. The van der Waals surface area contributed by atoms with Crippen molar-refractivity contribution < 1.29 is 40.2 Å². The molecule has 1 fully saturated rings. The first kappa shape index (κ1) is 42.5. The van der Waals surface area contributed by atoms with E-state index in [1.807, 2.05) is 17.0 Å². The van der Waals surface area contributed by atoms with E-state index in [-0.39, 0.29) is 24.8 Å². The van der Waals surface area contributed by atoms with Crippen molar-refractivity contribution in [3.05, 3.63) is 152 Å². The Morgan fingerprint density at radius 3 is 2.11 bits per heavy atom. The largest absolute Gasteiger partial charge is 0.416 e. The lowest BCUT2D eigenvalue weighted by Gasteiger charge is -2.42. The second-order valence-corrected chi connectivity index (χ2v) is 14.9. The predicted molar refractivity (Wildman–Crippen MR) is 206 cm³/mol. The van der Waals surface area contributed by atoms with Crippen molar-refractivity contribution in [3.63, 3.8) is 0 Å².